The van der Waals surface area contributed by atoms with Crippen molar-refractivity contribution in [2.75, 3.05) is 19.3 Å². The summed E-state index contributed by atoms with van der Waals surface area (Å²) < 4.78 is 25.4. The predicted molar refractivity (Wildman–Crippen MR) is 104 cm³/mol. The molecule has 1 aromatic heterocycles. The van der Waals surface area contributed by atoms with Crippen LogP contribution in [0.5, 0.6) is 0 Å². The van der Waals surface area contributed by atoms with Crippen LogP contribution < -0.4 is 4.72 Å². The molecule has 3 unspecified atom stereocenters. The van der Waals surface area contributed by atoms with E-state index < -0.39 is 10.0 Å². The number of hydrogen-bond donors (Lipinski definition) is 1. The number of thiophene rings is 1. The normalized spacial score (nSPS) is 25.4. The highest BCUT2D eigenvalue weighted by Crippen LogP contribution is 2.53. The SMILES string of the molecule is CS(=O)(=O)NC1CCN(C(=O)C2CC2c2sccc2-c2ccccc2)C1. The summed E-state index contributed by atoms with van der Waals surface area (Å²) in [6.07, 6.45) is 2.74. The summed E-state index contributed by atoms with van der Waals surface area (Å²) in [5.41, 5.74) is 2.43. The molecule has 3 atom stereocenters. The van der Waals surface area contributed by atoms with Gasteiger partial charge in [0.25, 0.3) is 0 Å². The molecule has 1 saturated carbocycles. The summed E-state index contributed by atoms with van der Waals surface area (Å²) in [5, 5.41) is 2.10. The molecule has 0 spiro atoms. The lowest BCUT2D eigenvalue weighted by Crippen LogP contribution is -2.38. The van der Waals surface area contributed by atoms with Gasteiger partial charge >= 0.3 is 0 Å². The highest BCUT2D eigenvalue weighted by atomic mass is 32.2. The monoisotopic (exact) mass is 390 g/mol. The minimum Gasteiger partial charge on any atom is -0.341 e. The zero-order chi connectivity index (χ0) is 18.3. The second-order valence-electron chi connectivity index (χ2n) is 7.17. The van der Waals surface area contributed by atoms with Gasteiger partial charge in [0.05, 0.1) is 6.26 Å². The van der Waals surface area contributed by atoms with Crippen molar-refractivity contribution in [3.8, 4) is 11.1 Å². The Labute approximate surface area is 158 Å². The molecule has 2 fully saturated rings. The van der Waals surface area contributed by atoms with Gasteiger partial charge in [-0.15, -0.1) is 11.3 Å². The zero-order valence-corrected chi connectivity index (χ0v) is 16.2. The molecule has 138 valence electrons. The fourth-order valence-electron chi connectivity index (χ4n) is 3.82. The maximum absolute atomic E-state index is 12.8. The Balaban J connectivity index is 1.42. The smallest absolute Gasteiger partial charge is 0.226 e. The first-order chi connectivity index (χ1) is 12.4. The van der Waals surface area contributed by atoms with Gasteiger partial charge in [0.1, 0.15) is 0 Å². The second-order valence-corrected chi connectivity index (χ2v) is 9.90. The van der Waals surface area contributed by atoms with Crippen LogP contribution in [0.2, 0.25) is 0 Å². The van der Waals surface area contributed by atoms with Crippen LogP contribution in [-0.2, 0) is 14.8 Å². The van der Waals surface area contributed by atoms with E-state index in [2.05, 4.69) is 28.3 Å². The molecule has 1 N–H and O–H groups in total. The number of nitrogens with zero attached hydrogens (tertiary/aromatic N) is 1. The van der Waals surface area contributed by atoms with E-state index in [4.69, 9.17) is 0 Å². The number of likely N-dealkylation sites (tertiary alicyclic amines) is 1. The summed E-state index contributed by atoms with van der Waals surface area (Å²) in [7, 11) is -3.23. The fraction of sp³-hybridized carbons (Fsp3) is 0.421. The molecule has 1 amide bonds. The van der Waals surface area contributed by atoms with Crippen LogP contribution >= 0.6 is 11.3 Å². The standard InChI is InChI=1S/C19H22N2O3S2/c1-26(23,24)20-14-7-9-21(12-14)19(22)17-11-16(17)18-15(8-10-25-18)13-5-3-2-4-6-13/h2-6,8,10,14,16-17,20H,7,9,11-12H2,1H3. The van der Waals surface area contributed by atoms with Crippen molar-refractivity contribution < 1.29 is 13.2 Å². The van der Waals surface area contributed by atoms with Crippen LogP contribution in [-0.4, -0.2) is 44.6 Å². The van der Waals surface area contributed by atoms with Crippen molar-refractivity contribution in [2.24, 2.45) is 5.92 Å². The third-order valence-electron chi connectivity index (χ3n) is 5.11. The van der Waals surface area contributed by atoms with Gasteiger partial charge in [-0.3, -0.25) is 4.79 Å². The molecule has 1 aliphatic heterocycles. The van der Waals surface area contributed by atoms with Crippen LogP contribution in [0, 0.1) is 5.92 Å². The number of hydrogen-bond acceptors (Lipinski definition) is 4. The van der Waals surface area contributed by atoms with E-state index in [0.717, 1.165) is 12.7 Å². The van der Waals surface area contributed by atoms with Crippen LogP contribution in [0.4, 0.5) is 0 Å². The molecule has 7 heteroatoms. The highest BCUT2D eigenvalue weighted by Gasteiger charge is 2.48. The van der Waals surface area contributed by atoms with E-state index in [0.29, 0.717) is 25.4 Å². The molecule has 0 radical (unpaired) electrons. The largest absolute Gasteiger partial charge is 0.341 e. The Morgan fingerprint density at radius 3 is 2.73 bits per heavy atom. The molecule has 1 aliphatic carbocycles. The molecular formula is C19H22N2O3S2. The average Bonchev–Trinajstić information content (AvgIpc) is 3.02. The fourth-order valence-corrected chi connectivity index (χ4v) is 5.71. The number of nitrogens with one attached hydrogen (secondary N) is 1. The van der Waals surface area contributed by atoms with Crippen molar-refractivity contribution in [3.05, 3.63) is 46.7 Å². The van der Waals surface area contributed by atoms with Crippen LogP contribution in [0.15, 0.2) is 41.8 Å². The summed E-state index contributed by atoms with van der Waals surface area (Å²) in [4.78, 5) is 15.9. The third-order valence-corrected chi connectivity index (χ3v) is 6.92. The molecule has 2 aromatic rings. The summed E-state index contributed by atoms with van der Waals surface area (Å²) >= 11 is 1.72. The van der Waals surface area contributed by atoms with Crippen molar-refractivity contribution in [1.29, 1.82) is 0 Å². The zero-order valence-electron chi connectivity index (χ0n) is 14.6. The first-order valence-corrected chi connectivity index (χ1v) is 11.6. The minimum atomic E-state index is -3.23. The van der Waals surface area contributed by atoms with Crippen molar-refractivity contribution >= 4 is 27.3 Å². The maximum atomic E-state index is 12.8. The molecular weight excluding hydrogens is 368 g/mol. The number of rotatable bonds is 5. The summed E-state index contributed by atoms with van der Waals surface area (Å²) in [6.45, 7) is 1.11. The van der Waals surface area contributed by atoms with Gasteiger partial charge in [0, 0.05) is 35.8 Å². The Kier molecular flexibility index (Phi) is 4.62. The number of carbonyl (C=O) groups excluding carboxylic acids is 1. The van der Waals surface area contributed by atoms with Gasteiger partial charge in [0.2, 0.25) is 15.9 Å². The highest BCUT2D eigenvalue weighted by molar-refractivity contribution is 7.88. The Bertz CT molecular complexity index is 908. The van der Waals surface area contributed by atoms with Gasteiger partial charge in [-0.2, -0.15) is 0 Å². The van der Waals surface area contributed by atoms with Gasteiger partial charge in [-0.05, 0) is 35.4 Å². The molecule has 0 bridgehead atoms. The van der Waals surface area contributed by atoms with Gasteiger partial charge < -0.3 is 4.90 Å². The molecule has 1 aromatic carbocycles. The van der Waals surface area contributed by atoms with E-state index in [-0.39, 0.29) is 17.9 Å². The molecule has 1 saturated heterocycles. The summed E-state index contributed by atoms with van der Waals surface area (Å²) in [5.74, 6) is 0.493. The van der Waals surface area contributed by atoms with E-state index in [1.165, 1.54) is 16.0 Å². The first-order valence-electron chi connectivity index (χ1n) is 8.81. The van der Waals surface area contributed by atoms with E-state index >= 15 is 0 Å². The lowest BCUT2D eigenvalue weighted by atomic mass is 10.0. The molecule has 2 aliphatic rings. The van der Waals surface area contributed by atoms with Crippen LogP contribution in [0.1, 0.15) is 23.6 Å². The van der Waals surface area contributed by atoms with Gasteiger partial charge in [0.15, 0.2) is 0 Å². The number of carbonyl (C=O) groups is 1. The molecule has 2 heterocycles. The number of sulfonamides is 1. The Morgan fingerprint density at radius 1 is 1.23 bits per heavy atom. The minimum absolute atomic E-state index is 0.0353. The third kappa shape index (κ3) is 3.70. The summed E-state index contributed by atoms with van der Waals surface area (Å²) in [6, 6.07) is 12.3. The van der Waals surface area contributed by atoms with Gasteiger partial charge in [-0.25, -0.2) is 13.1 Å². The Morgan fingerprint density at radius 2 is 2.00 bits per heavy atom. The maximum Gasteiger partial charge on any atom is 0.226 e. The van der Waals surface area contributed by atoms with E-state index in [1.54, 1.807) is 11.3 Å². The Hall–Kier alpha value is -1.70. The van der Waals surface area contributed by atoms with Crippen LogP contribution in [0.25, 0.3) is 11.1 Å². The topological polar surface area (TPSA) is 66.5 Å². The van der Waals surface area contributed by atoms with E-state index in [9.17, 15) is 13.2 Å². The first kappa shape index (κ1) is 17.7. The lowest BCUT2D eigenvalue weighted by molar-refractivity contribution is -0.131. The predicted octanol–water partition coefficient (Wildman–Crippen LogP) is 2.67. The molecule has 4 rings (SSSR count). The second kappa shape index (κ2) is 6.79. The number of benzene rings is 1. The number of amides is 1. The van der Waals surface area contributed by atoms with Crippen molar-refractivity contribution in [2.45, 2.75) is 24.8 Å². The van der Waals surface area contributed by atoms with Gasteiger partial charge in [-0.1, -0.05) is 30.3 Å². The lowest BCUT2D eigenvalue weighted by Gasteiger charge is -2.17. The van der Waals surface area contributed by atoms with Crippen molar-refractivity contribution in [3.63, 3.8) is 0 Å². The van der Waals surface area contributed by atoms with Crippen LogP contribution in [0.3, 0.4) is 0 Å². The average molecular weight is 391 g/mol. The molecule has 5 nitrogen and oxygen atoms in total. The van der Waals surface area contributed by atoms with E-state index in [1.807, 2.05) is 23.1 Å². The van der Waals surface area contributed by atoms with Crippen molar-refractivity contribution in [1.82, 2.24) is 9.62 Å². The molecule has 26 heavy (non-hydrogen) atoms. The quantitative estimate of drug-likeness (QED) is 0.854.